The van der Waals surface area contributed by atoms with Gasteiger partial charge in [-0.25, -0.2) is 4.39 Å². The number of hydrogen-bond acceptors (Lipinski definition) is 3. The summed E-state index contributed by atoms with van der Waals surface area (Å²) in [6.07, 6.45) is 14.0. The molecular formula is C27H37FO3. The summed E-state index contributed by atoms with van der Waals surface area (Å²) in [4.78, 5) is 12.6. The number of fused-ring (bicyclic) bond motifs is 1. The van der Waals surface area contributed by atoms with Gasteiger partial charge >= 0.3 is 5.97 Å². The van der Waals surface area contributed by atoms with Gasteiger partial charge in [0.1, 0.15) is 12.4 Å². The van der Waals surface area contributed by atoms with E-state index >= 15 is 0 Å². The molecule has 3 nitrogen and oxygen atoms in total. The largest absolute Gasteiger partial charge is 0.489 e. The molecule has 31 heavy (non-hydrogen) atoms. The summed E-state index contributed by atoms with van der Waals surface area (Å²) in [5.41, 5.74) is 0. The predicted octanol–water partition coefficient (Wildman–Crippen LogP) is 6.95. The monoisotopic (exact) mass is 428 g/mol. The molecule has 0 amide bonds. The van der Waals surface area contributed by atoms with Crippen LogP contribution in [0.1, 0.15) is 71.1 Å². The second-order valence-corrected chi connectivity index (χ2v) is 10.2. The number of carbonyl (C=O) groups is 1. The van der Waals surface area contributed by atoms with Crippen LogP contribution < -0.4 is 9.47 Å². The van der Waals surface area contributed by atoms with Crippen LogP contribution in [0.25, 0.3) is 0 Å². The van der Waals surface area contributed by atoms with Crippen molar-refractivity contribution >= 4 is 5.97 Å². The zero-order valence-corrected chi connectivity index (χ0v) is 18.9. The second kappa shape index (κ2) is 10.2. The summed E-state index contributed by atoms with van der Waals surface area (Å²) in [6, 6.07) is 4.35. The fraction of sp³-hybridized carbons (Fsp3) is 0.667. The van der Waals surface area contributed by atoms with E-state index < -0.39 is 5.82 Å². The normalized spacial score (nSPS) is 33.2. The van der Waals surface area contributed by atoms with Crippen LogP contribution in [0, 0.1) is 41.3 Å². The van der Waals surface area contributed by atoms with Gasteiger partial charge in [-0.1, -0.05) is 26.0 Å². The topological polar surface area (TPSA) is 35.5 Å². The molecule has 170 valence electrons. The van der Waals surface area contributed by atoms with E-state index in [1.165, 1.54) is 50.7 Å². The van der Waals surface area contributed by atoms with Gasteiger partial charge in [0.05, 0.1) is 5.92 Å². The van der Waals surface area contributed by atoms with Gasteiger partial charge in [0.15, 0.2) is 11.6 Å². The van der Waals surface area contributed by atoms with Crippen molar-refractivity contribution in [3.8, 4) is 11.5 Å². The van der Waals surface area contributed by atoms with Crippen LogP contribution in [0.5, 0.6) is 11.5 Å². The Kier molecular flexibility index (Phi) is 7.35. The van der Waals surface area contributed by atoms with Crippen molar-refractivity contribution in [3.63, 3.8) is 0 Å². The molecule has 1 aromatic rings. The highest BCUT2D eigenvalue weighted by Crippen LogP contribution is 2.49. The predicted molar refractivity (Wildman–Crippen MR) is 121 cm³/mol. The number of benzene rings is 1. The smallest absolute Gasteiger partial charge is 0.314 e. The Morgan fingerprint density at radius 2 is 1.65 bits per heavy atom. The minimum absolute atomic E-state index is 0.0112. The second-order valence-electron chi connectivity index (χ2n) is 10.2. The first-order valence-electron chi connectivity index (χ1n) is 12.3. The van der Waals surface area contributed by atoms with Crippen molar-refractivity contribution in [2.24, 2.45) is 35.5 Å². The third-order valence-corrected chi connectivity index (χ3v) is 8.17. The van der Waals surface area contributed by atoms with Crippen LogP contribution in [-0.4, -0.2) is 12.6 Å². The van der Waals surface area contributed by atoms with E-state index in [1.807, 2.05) is 0 Å². The summed E-state index contributed by atoms with van der Waals surface area (Å²) in [6.45, 7) is 6.30. The standard InChI is InChI=1S/C27H37FO3/c1-3-14-30-24-12-13-26(25(28)17-24)31-27(29)20-8-6-19(7-9-20)22-11-10-21-15-18(2)4-5-23(21)16-22/h3,12-13,17-23H,1,4-11,14-16H2,2H3. The first-order chi connectivity index (χ1) is 15.0. The van der Waals surface area contributed by atoms with Gasteiger partial charge < -0.3 is 9.47 Å². The summed E-state index contributed by atoms with van der Waals surface area (Å²) in [5, 5.41) is 0. The lowest BCUT2D eigenvalue weighted by molar-refractivity contribution is -0.140. The van der Waals surface area contributed by atoms with E-state index in [0.717, 1.165) is 55.3 Å². The van der Waals surface area contributed by atoms with Gasteiger partial charge in [-0.15, -0.1) is 0 Å². The molecule has 0 aromatic heterocycles. The Morgan fingerprint density at radius 3 is 2.35 bits per heavy atom. The van der Waals surface area contributed by atoms with Crippen molar-refractivity contribution in [2.75, 3.05) is 6.61 Å². The van der Waals surface area contributed by atoms with Crippen molar-refractivity contribution in [2.45, 2.75) is 71.1 Å². The van der Waals surface area contributed by atoms with Gasteiger partial charge in [0.2, 0.25) is 0 Å². The Balaban J connectivity index is 1.25. The molecule has 4 heteroatoms. The first kappa shape index (κ1) is 22.4. The molecule has 0 radical (unpaired) electrons. The zero-order valence-electron chi connectivity index (χ0n) is 18.9. The summed E-state index contributed by atoms with van der Waals surface area (Å²) in [7, 11) is 0. The molecule has 0 N–H and O–H groups in total. The molecule has 3 saturated carbocycles. The van der Waals surface area contributed by atoms with Crippen LogP contribution in [0.3, 0.4) is 0 Å². The van der Waals surface area contributed by atoms with Crippen LogP contribution in [-0.2, 0) is 4.79 Å². The van der Waals surface area contributed by atoms with Crippen molar-refractivity contribution in [1.29, 1.82) is 0 Å². The molecule has 0 spiro atoms. The van der Waals surface area contributed by atoms with Crippen LogP contribution in [0.15, 0.2) is 30.9 Å². The number of ether oxygens (including phenoxy) is 2. The van der Waals surface area contributed by atoms with Gasteiger partial charge in [-0.3, -0.25) is 4.79 Å². The van der Waals surface area contributed by atoms with E-state index in [-0.39, 0.29) is 17.6 Å². The van der Waals surface area contributed by atoms with Crippen molar-refractivity contribution in [1.82, 2.24) is 0 Å². The van der Waals surface area contributed by atoms with E-state index in [1.54, 1.807) is 12.1 Å². The summed E-state index contributed by atoms with van der Waals surface area (Å²) in [5.74, 6) is 3.84. The van der Waals surface area contributed by atoms with E-state index in [4.69, 9.17) is 9.47 Å². The summed E-state index contributed by atoms with van der Waals surface area (Å²) >= 11 is 0. The molecule has 0 saturated heterocycles. The molecule has 0 heterocycles. The molecular weight excluding hydrogens is 391 g/mol. The maximum atomic E-state index is 14.3. The number of hydrogen-bond donors (Lipinski definition) is 0. The average Bonchev–Trinajstić information content (AvgIpc) is 2.79. The van der Waals surface area contributed by atoms with Gasteiger partial charge in [0.25, 0.3) is 0 Å². The molecule has 0 bridgehead atoms. The maximum absolute atomic E-state index is 14.3. The third-order valence-electron chi connectivity index (χ3n) is 8.17. The minimum atomic E-state index is -0.567. The molecule has 4 atom stereocenters. The van der Waals surface area contributed by atoms with Gasteiger partial charge in [-0.05, 0) is 99.5 Å². The fourth-order valence-corrected chi connectivity index (χ4v) is 6.42. The lowest BCUT2D eigenvalue weighted by Gasteiger charge is -2.44. The lowest BCUT2D eigenvalue weighted by Crippen LogP contribution is -2.35. The highest BCUT2D eigenvalue weighted by Gasteiger charge is 2.39. The zero-order chi connectivity index (χ0) is 21.8. The molecule has 3 aliphatic carbocycles. The number of carbonyl (C=O) groups excluding carboxylic acids is 1. The van der Waals surface area contributed by atoms with Crippen molar-refractivity contribution < 1.29 is 18.7 Å². The minimum Gasteiger partial charge on any atom is -0.489 e. The first-order valence-corrected chi connectivity index (χ1v) is 12.3. The SMILES string of the molecule is C=CCOc1ccc(OC(=O)C2CCC(C3CCC4CC(C)CCC4C3)CC2)c(F)c1. The molecule has 0 aliphatic heterocycles. The van der Waals surface area contributed by atoms with Crippen molar-refractivity contribution in [3.05, 3.63) is 36.7 Å². The molecule has 1 aromatic carbocycles. The molecule has 4 rings (SSSR count). The Hall–Kier alpha value is -1.84. The quantitative estimate of drug-likeness (QED) is 0.279. The van der Waals surface area contributed by atoms with Crippen LogP contribution in [0.2, 0.25) is 0 Å². The molecule has 3 aliphatic rings. The Morgan fingerprint density at radius 1 is 1.00 bits per heavy atom. The van der Waals surface area contributed by atoms with Crippen LogP contribution >= 0.6 is 0 Å². The highest BCUT2D eigenvalue weighted by atomic mass is 19.1. The molecule has 3 fully saturated rings. The highest BCUT2D eigenvalue weighted by molar-refractivity contribution is 5.75. The Bertz CT molecular complexity index is 768. The fourth-order valence-electron chi connectivity index (χ4n) is 6.42. The van der Waals surface area contributed by atoms with E-state index in [0.29, 0.717) is 12.4 Å². The maximum Gasteiger partial charge on any atom is 0.314 e. The number of rotatable bonds is 6. The lowest BCUT2D eigenvalue weighted by atomic mass is 9.61. The van der Waals surface area contributed by atoms with E-state index in [2.05, 4.69) is 13.5 Å². The average molecular weight is 429 g/mol. The molecule has 4 unspecified atom stereocenters. The Labute approximate surface area is 186 Å². The number of esters is 1. The van der Waals surface area contributed by atoms with Crippen LogP contribution in [0.4, 0.5) is 4.39 Å². The van der Waals surface area contributed by atoms with E-state index in [9.17, 15) is 9.18 Å². The van der Waals surface area contributed by atoms with Gasteiger partial charge in [-0.2, -0.15) is 0 Å². The number of halogens is 1. The third kappa shape index (κ3) is 5.51. The van der Waals surface area contributed by atoms with Gasteiger partial charge in [0, 0.05) is 6.07 Å². The summed E-state index contributed by atoms with van der Waals surface area (Å²) < 4.78 is 25.0.